The molecule has 0 aliphatic heterocycles. The van der Waals surface area contributed by atoms with Crippen LogP contribution in [0.5, 0.6) is 5.75 Å². The highest BCUT2D eigenvalue weighted by molar-refractivity contribution is 7.95. The Bertz CT molecular complexity index is 708. The predicted molar refractivity (Wildman–Crippen MR) is 80.4 cm³/mol. The number of nitrogens with zero attached hydrogens (tertiary/aromatic N) is 1. The summed E-state index contributed by atoms with van der Waals surface area (Å²) < 4.78 is 31.6. The largest absolute Gasteiger partial charge is 0.494 e. The highest BCUT2D eigenvalue weighted by Gasteiger charge is 2.30. The van der Waals surface area contributed by atoms with Crippen LogP contribution in [0.1, 0.15) is 6.92 Å². The van der Waals surface area contributed by atoms with Crippen LogP contribution in [0.2, 0.25) is 0 Å². The topological polar surface area (TPSA) is 70.5 Å². The molecule has 0 fully saturated rings. The minimum atomic E-state index is -3.85. The fourth-order valence-electron chi connectivity index (χ4n) is 1.78. The van der Waals surface area contributed by atoms with E-state index in [-0.39, 0.29) is 15.8 Å². The summed E-state index contributed by atoms with van der Waals surface area (Å²) in [4.78, 5) is 0. The van der Waals surface area contributed by atoms with Gasteiger partial charge < -0.3 is 4.74 Å². The third kappa shape index (κ3) is 2.54. The number of ether oxygens (including phenoxy) is 1. The van der Waals surface area contributed by atoms with Crippen LogP contribution in [0.15, 0.2) is 46.0 Å². The van der Waals surface area contributed by atoms with Gasteiger partial charge in [0.25, 0.3) is 10.0 Å². The van der Waals surface area contributed by atoms with Crippen molar-refractivity contribution in [1.82, 2.24) is 0 Å². The molecule has 1 heterocycles. The highest BCUT2D eigenvalue weighted by Crippen LogP contribution is 2.34. The molecule has 0 unspecified atom stereocenters. The summed E-state index contributed by atoms with van der Waals surface area (Å²) in [6.45, 7) is 1.44. The zero-order chi connectivity index (χ0) is 14.8. The maximum absolute atomic E-state index is 12.7. The first-order valence-corrected chi connectivity index (χ1v) is 8.07. The summed E-state index contributed by atoms with van der Waals surface area (Å²) >= 11 is 1.07. The van der Waals surface area contributed by atoms with Crippen LogP contribution < -0.4 is 9.04 Å². The third-order valence-corrected chi connectivity index (χ3v) is 5.83. The van der Waals surface area contributed by atoms with E-state index in [1.807, 2.05) is 0 Å². The molecule has 0 aliphatic rings. The number of hydrogen-bond acceptors (Lipinski definition) is 5. The van der Waals surface area contributed by atoms with E-state index >= 15 is 0 Å². The second-order valence-corrected chi connectivity index (χ2v) is 6.86. The molecule has 1 aromatic heterocycles. The summed E-state index contributed by atoms with van der Waals surface area (Å²) in [5.74, 6) is 0.212. The van der Waals surface area contributed by atoms with E-state index in [9.17, 15) is 8.42 Å². The molecule has 2 rings (SSSR count). The van der Waals surface area contributed by atoms with Crippen molar-refractivity contribution in [2.24, 2.45) is 0 Å². The first-order chi connectivity index (χ1) is 9.48. The van der Waals surface area contributed by atoms with Crippen LogP contribution in [0, 0.1) is 5.41 Å². The fourth-order valence-corrected chi connectivity index (χ4v) is 4.57. The number of nitrogens with one attached hydrogen (secondary N) is 1. The number of benzene rings is 1. The average molecular weight is 310 g/mol. The number of hydrogen-bond donors (Lipinski definition) is 1. The van der Waals surface area contributed by atoms with Crippen molar-refractivity contribution in [3.05, 3.63) is 41.8 Å². The molecular formula is C13H14N2O3S2. The van der Waals surface area contributed by atoms with Crippen molar-refractivity contribution in [3.63, 3.8) is 0 Å². The van der Waals surface area contributed by atoms with Gasteiger partial charge in [-0.3, -0.25) is 5.41 Å². The molecule has 7 heteroatoms. The summed E-state index contributed by atoms with van der Waals surface area (Å²) in [6.07, 6.45) is 0. The van der Waals surface area contributed by atoms with Crippen LogP contribution in [-0.2, 0) is 10.0 Å². The van der Waals surface area contributed by atoms with Gasteiger partial charge in [0.15, 0.2) is 4.21 Å². The van der Waals surface area contributed by atoms with E-state index in [0.29, 0.717) is 5.69 Å². The van der Waals surface area contributed by atoms with Gasteiger partial charge in [-0.25, -0.2) is 4.31 Å². The lowest BCUT2D eigenvalue weighted by molar-refractivity contribution is 0.406. The van der Waals surface area contributed by atoms with Crippen molar-refractivity contribution in [2.45, 2.75) is 11.1 Å². The third-order valence-electron chi connectivity index (χ3n) is 2.59. The van der Waals surface area contributed by atoms with Gasteiger partial charge in [0.1, 0.15) is 11.6 Å². The van der Waals surface area contributed by atoms with Gasteiger partial charge in [-0.15, -0.1) is 11.3 Å². The van der Waals surface area contributed by atoms with Crippen LogP contribution in [0.3, 0.4) is 0 Å². The molecule has 0 aliphatic carbocycles. The zero-order valence-electron chi connectivity index (χ0n) is 11.0. The Morgan fingerprint density at radius 1 is 1.25 bits per heavy atom. The lowest BCUT2D eigenvalue weighted by Crippen LogP contribution is -2.34. The summed E-state index contributed by atoms with van der Waals surface area (Å²) in [7, 11) is -2.43. The maximum Gasteiger partial charge on any atom is 0.282 e. The highest BCUT2D eigenvalue weighted by atomic mass is 32.2. The number of sulfonamides is 1. The molecule has 0 radical (unpaired) electrons. The lowest BCUT2D eigenvalue weighted by atomic mass is 10.3. The first-order valence-electron chi connectivity index (χ1n) is 5.75. The number of anilines is 1. The quantitative estimate of drug-likeness (QED) is 0.697. The molecular weight excluding hydrogens is 296 g/mol. The molecule has 0 saturated heterocycles. The SMILES string of the molecule is COc1ccsc1S(=O)(=O)N(C(C)=N)c1ccccc1. The molecule has 0 amide bonds. The minimum absolute atomic E-state index is 0.0772. The van der Waals surface area contributed by atoms with Gasteiger partial charge in [-0.05, 0) is 30.5 Å². The van der Waals surface area contributed by atoms with Crippen LogP contribution in [-0.4, -0.2) is 21.4 Å². The van der Waals surface area contributed by atoms with Crippen LogP contribution >= 0.6 is 11.3 Å². The van der Waals surface area contributed by atoms with Gasteiger partial charge in [-0.2, -0.15) is 8.42 Å². The second kappa shape index (κ2) is 5.64. The van der Waals surface area contributed by atoms with E-state index in [2.05, 4.69) is 0 Å². The van der Waals surface area contributed by atoms with Crippen molar-refractivity contribution in [3.8, 4) is 5.75 Å². The second-order valence-electron chi connectivity index (χ2n) is 3.97. The van der Waals surface area contributed by atoms with E-state index in [1.54, 1.807) is 41.8 Å². The van der Waals surface area contributed by atoms with E-state index in [1.165, 1.54) is 14.0 Å². The smallest absolute Gasteiger partial charge is 0.282 e. The molecule has 20 heavy (non-hydrogen) atoms. The van der Waals surface area contributed by atoms with Gasteiger partial charge >= 0.3 is 0 Å². The summed E-state index contributed by atoms with van der Waals surface area (Å²) in [5.41, 5.74) is 0.426. The lowest BCUT2D eigenvalue weighted by Gasteiger charge is -2.22. The normalized spacial score (nSPS) is 11.1. The number of methoxy groups -OCH3 is 1. The number of para-hydroxylation sites is 1. The van der Waals surface area contributed by atoms with Crippen molar-refractivity contribution in [1.29, 1.82) is 5.41 Å². The molecule has 5 nitrogen and oxygen atoms in total. The van der Waals surface area contributed by atoms with Crippen molar-refractivity contribution < 1.29 is 13.2 Å². The predicted octanol–water partition coefficient (Wildman–Crippen LogP) is 2.95. The molecule has 106 valence electrons. The van der Waals surface area contributed by atoms with Gasteiger partial charge in [-0.1, -0.05) is 18.2 Å². The Balaban J connectivity index is 2.58. The van der Waals surface area contributed by atoms with Gasteiger partial charge in [0.05, 0.1) is 12.8 Å². The van der Waals surface area contributed by atoms with Crippen LogP contribution in [0.4, 0.5) is 5.69 Å². The van der Waals surface area contributed by atoms with Crippen molar-refractivity contribution in [2.75, 3.05) is 11.4 Å². The number of thiophene rings is 1. The average Bonchev–Trinajstić information content (AvgIpc) is 2.88. The maximum atomic E-state index is 12.7. The Morgan fingerprint density at radius 2 is 1.90 bits per heavy atom. The molecule has 1 N–H and O–H groups in total. The monoisotopic (exact) mass is 310 g/mol. The Kier molecular flexibility index (Phi) is 4.10. The van der Waals surface area contributed by atoms with E-state index < -0.39 is 10.0 Å². The van der Waals surface area contributed by atoms with Gasteiger partial charge in [0, 0.05) is 0 Å². The fraction of sp³-hybridized carbons (Fsp3) is 0.154. The number of rotatable bonds is 4. The molecule has 0 spiro atoms. The summed E-state index contributed by atoms with van der Waals surface area (Å²) in [6, 6.07) is 10.1. The Hall–Kier alpha value is -1.86. The van der Waals surface area contributed by atoms with Crippen LogP contribution in [0.25, 0.3) is 0 Å². The minimum Gasteiger partial charge on any atom is -0.494 e. The molecule has 0 saturated carbocycles. The van der Waals surface area contributed by atoms with E-state index in [4.69, 9.17) is 10.1 Å². The summed E-state index contributed by atoms with van der Waals surface area (Å²) in [5, 5.41) is 9.43. The molecule has 1 aromatic carbocycles. The molecule has 0 bridgehead atoms. The van der Waals surface area contributed by atoms with Crippen molar-refractivity contribution >= 4 is 32.9 Å². The Morgan fingerprint density at radius 3 is 2.45 bits per heavy atom. The first kappa shape index (κ1) is 14.5. The van der Waals surface area contributed by atoms with E-state index in [0.717, 1.165) is 15.6 Å². The standard InChI is InChI=1S/C13H14N2O3S2/c1-10(14)15(11-6-4-3-5-7-11)20(16,17)13-12(18-2)8-9-19-13/h3-9,14H,1-2H3. The molecule has 2 aromatic rings. The molecule has 0 atom stereocenters. The van der Waals surface area contributed by atoms with Gasteiger partial charge in [0.2, 0.25) is 0 Å². The number of amidine groups is 1. The Labute approximate surface area is 122 Å². The zero-order valence-corrected chi connectivity index (χ0v) is 12.7.